The van der Waals surface area contributed by atoms with Crippen LogP contribution in [0.25, 0.3) is 0 Å². The lowest BCUT2D eigenvalue weighted by Crippen LogP contribution is -2.59. The molecule has 0 aliphatic heterocycles. The Morgan fingerprint density at radius 1 is 0.861 bits per heavy atom. The highest BCUT2D eigenvalue weighted by Gasteiger charge is 2.33. The van der Waals surface area contributed by atoms with Gasteiger partial charge in [0.05, 0.1) is 18.9 Å². The van der Waals surface area contributed by atoms with E-state index >= 15 is 0 Å². The molecule has 0 spiro atoms. The summed E-state index contributed by atoms with van der Waals surface area (Å²) in [4.78, 5) is 72.1. The van der Waals surface area contributed by atoms with Crippen molar-refractivity contribution in [3.63, 3.8) is 0 Å². The molecule has 0 aliphatic carbocycles. The second-order valence-electron chi connectivity index (χ2n) is 8.40. The Morgan fingerprint density at radius 3 is 1.94 bits per heavy atom. The first kappa shape index (κ1) is 30.0. The van der Waals surface area contributed by atoms with Crippen LogP contribution in [-0.4, -0.2) is 69.9 Å². The van der Waals surface area contributed by atoms with E-state index in [-0.39, 0.29) is 6.42 Å². The Bertz CT molecular complexity index is 955. The summed E-state index contributed by atoms with van der Waals surface area (Å²) in [6.45, 7) is 3.44. The summed E-state index contributed by atoms with van der Waals surface area (Å²) in [6, 6.07) is 3.14. The minimum atomic E-state index is -1.61. The Balaban J connectivity index is 3.16. The van der Waals surface area contributed by atoms with E-state index in [1.54, 1.807) is 44.2 Å². The standard InChI is InChI=1S/C23H33N5O8/c1-3-12(2)19(28-20(32)14(24)10-18(30)31)22(34)26-15(9-13-7-5-4-6-8-13)21(33)27-16(23(35)36)11-17(25)29/h4-8,12,14-16,19H,3,9-11,24H2,1-2H3,(H2,25,29)(H,26,34)(H,27,33)(H,28,32)(H,30,31)(H,35,36). The molecular formula is C23H33N5O8. The third-order valence-corrected chi connectivity index (χ3v) is 5.46. The largest absolute Gasteiger partial charge is 0.481 e. The first-order valence-electron chi connectivity index (χ1n) is 11.3. The zero-order valence-corrected chi connectivity index (χ0v) is 20.1. The molecule has 5 atom stereocenters. The van der Waals surface area contributed by atoms with E-state index in [1.165, 1.54) is 0 Å². The normalized spacial score (nSPS) is 14.9. The molecule has 0 bridgehead atoms. The quantitative estimate of drug-likeness (QED) is 0.146. The Kier molecular flexibility index (Phi) is 12.0. The van der Waals surface area contributed by atoms with Crippen molar-refractivity contribution in [3.8, 4) is 0 Å². The van der Waals surface area contributed by atoms with Crippen molar-refractivity contribution in [2.45, 2.75) is 63.7 Å². The molecule has 0 aromatic heterocycles. The lowest BCUT2D eigenvalue weighted by atomic mass is 9.96. The van der Waals surface area contributed by atoms with Gasteiger partial charge in [-0.05, 0) is 11.5 Å². The van der Waals surface area contributed by atoms with Crippen LogP contribution in [0.5, 0.6) is 0 Å². The molecule has 1 aromatic rings. The van der Waals surface area contributed by atoms with Crippen molar-refractivity contribution < 1.29 is 39.0 Å². The number of carbonyl (C=O) groups is 6. The summed E-state index contributed by atoms with van der Waals surface area (Å²) in [5, 5.41) is 25.4. The van der Waals surface area contributed by atoms with Crippen LogP contribution >= 0.6 is 0 Å². The second-order valence-corrected chi connectivity index (χ2v) is 8.40. The number of primary amides is 1. The first-order chi connectivity index (χ1) is 16.8. The molecule has 0 fully saturated rings. The van der Waals surface area contributed by atoms with Crippen molar-refractivity contribution >= 4 is 35.6 Å². The molecule has 36 heavy (non-hydrogen) atoms. The molecule has 1 aromatic carbocycles. The van der Waals surface area contributed by atoms with Gasteiger partial charge in [-0.3, -0.25) is 24.0 Å². The summed E-state index contributed by atoms with van der Waals surface area (Å²) < 4.78 is 0. The fraction of sp³-hybridized carbons (Fsp3) is 0.478. The fourth-order valence-electron chi connectivity index (χ4n) is 3.24. The lowest BCUT2D eigenvalue weighted by molar-refractivity contribution is -0.143. The molecular weight excluding hydrogens is 474 g/mol. The van der Waals surface area contributed by atoms with Crippen LogP contribution in [0.4, 0.5) is 0 Å². The molecule has 4 amide bonds. The van der Waals surface area contributed by atoms with E-state index < -0.39 is 78.5 Å². The number of nitrogens with one attached hydrogen (secondary N) is 3. The molecule has 1 rings (SSSR count). The molecule has 0 aliphatic rings. The maximum atomic E-state index is 13.2. The van der Waals surface area contributed by atoms with Crippen molar-refractivity contribution in [1.29, 1.82) is 0 Å². The van der Waals surface area contributed by atoms with Gasteiger partial charge in [-0.1, -0.05) is 50.6 Å². The maximum absolute atomic E-state index is 13.2. The van der Waals surface area contributed by atoms with Crippen molar-refractivity contribution in [1.82, 2.24) is 16.0 Å². The molecule has 0 heterocycles. The predicted molar refractivity (Wildman–Crippen MR) is 127 cm³/mol. The molecule has 13 nitrogen and oxygen atoms in total. The van der Waals surface area contributed by atoms with E-state index in [9.17, 15) is 33.9 Å². The fourth-order valence-corrected chi connectivity index (χ4v) is 3.24. The van der Waals surface area contributed by atoms with Gasteiger partial charge in [-0.15, -0.1) is 0 Å². The van der Waals surface area contributed by atoms with Gasteiger partial charge in [0.25, 0.3) is 0 Å². The van der Waals surface area contributed by atoms with Crippen molar-refractivity contribution in [2.75, 3.05) is 0 Å². The Hall–Kier alpha value is -4.00. The topological polar surface area (TPSA) is 231 Å². The van der Waals surface area contributed by atoms with Crippen LogP contribution in [-0.2, 0) is 35.2 Å². The van der Waals surface area contributed by atoms with E-state index in [2.05, 4.69) is 16.0 Å². The summed E-state index contributed by atoms with van der Waals surface area (Å²) >= 11 is 0. The highest BCUT2D eigenvalue weighted by atomic mass is 16.4. The monoisotopic (exact) mass is 507 g/mol. The first-order valence-corrected chi connectivity index (χ1v) is 11.3. The molecule has 9 N–H and O–H groups in total. The van der Waals surface area contributed by atoms with Crippen LogP contribution < -0.4 is 27.4 Å². The Morgan fingerprint density at radius 2 is 1.44 bits per heavy atom. The SMILES string of the molecule is CCC(C)C(NC(=O)C(N)CC(=O)O)C(=O)NC(Cc1ccccc1)C(=O)NC(CC(N)=O)C(=O)O. The lowest BCUT2D eigenvalue weighted by Gasteiger charge is -2.28. The Labute approximate surface area is 208 Å². The number of rotatable bonds is 15. The third-order valence-electron chi connectivity index (χ3n) is 5.46. The average Bonchev–Trinajstić information content (AvgIpc) is 2.80. The van der Waals surface area contributed by atoms with E-state index in [4.69, 9.17) is 16.6 Å². The molecule has 0 radical (unpaired) electrons. The van der Waals surface area contributed by atoms with Crippen LogP contribution in [0.1, 0.15) is 38.7 Å². The summed E-state index contributed by atoms with van der Waals surface area (Å²) in [7, 11) is 0. The number of carboxylic acids is 2. The highest BCUT2D eigenvalue weighted by molar-refractivity contribution is 5.95. The smallest absolute Gasteiger partial charge is 0.326 e. The van der Waals surface area contributed by atoms with Crippen LogP contribution in [0.15, 0.2) is 30.3 Å². The van der Waals surface area contributed by atoms with E-state index in [1.807, 2.05) is 0 Å². The predicted octanol–water partition coefficient (Wildman–Crippen LogP) is -1.51. The molecule has 0 saturated carbocycles. The summed E-state index contributed by atoms with van der Waals surface area (Å²) in [5.74, 6) is -6.61. The van der Waals surface area contributed by atoms with Crippen LogP contribution in [0.3, 0.4) is 0 Å². The number of aliphatic carboxylic acids is 2. The number of benzene rings is 1. The minimum Gasteiger partial charge on any atom is -0.481 e. The van der Waals surface area contributed by atoms with Gasteiger partial charge in [0.2, 0.25) is 23.6 Å². The van der Waals surface area contributed by atoms with Gasteiger partial charge in [0.15, 0.2) is 0 Å². The number of carbonyl (C=O) groups excluding carboxylic acids is 4. The number of nitrogens with two attached hydrogens (primary N) is 2. The number of hydrogen-bond donors (Lipinski definition) is 7. The summed E-state index contributed by atoms with van der Waals surface area (Å²) in [6.07, 6.45) is -0.876. The average molecular weight is 508 g/mol. The molecule has 13 heteroatoms. The van der Waals surface area contributed by atoms with Gasteiger partial charge in [0.1, 0.15) is 18.1 Å². The van der Waals surface area contributed by atoms with Crippen LogP contribution in [0.2, 0.25) is 0 Å². The number of carboxylic acid groups (broad SMARTS) is 2. The second kappa shape index (κ2) is 14.4. The molecule has 198 valence electrons. The van der Waals surface area contributed by atoms with Gasteiger partial charge < -0.3 is 37.6 Å². The number of amides is 4. The third kappa shape index (κ3) is 10.1. The van der Waals surface area contributed by atoms with Crippen LogP contribution in [0, 0.1) is 5.92 Å². The number of hydrogen-bond acceptors (Lipinski definition) is 7. The highest BCUT2D eigenvalue weighted by Crippen LogP contribution is 2.11. The van der Waals surface area contributed by atoms with Gasteiger partial charge in [0, 0.05) is 6.42 Å². The minimum absolute atomic E-state index is 0.0268. The maximum Gasteiger partial charge on any atom is 0.326 e. The van der Waals surface area contributed by atoms with Crippen molar-refractivity contribution in [3.05, 3.63) is 35.9 Å². The summed E-state index contributed by atoms with van der Waals surface area (Å²) in [5.41, 5.74) is 11.3. The van der Waals surface area contributed by atoms with Gasteiger partial charge in [-0.25, -0.2) is 4.79 Å². The zero-order chi connectivity index (χ0) is 27.4. The van der Waals surface area contributed by atoms with Gasteiger partial charge >= 0.3 is 11.9 Å². The van der Waals surface area contributed by atoms with Crippen molar-refractivity contribution in [2.24, 2.45) is 17.4 Å². The van der Waals surface area contributed by atoms with E-state index in [0.29, 0.717) is 12.0 Å². The van der Waals surface area contributed by atoms with Gasteiger partial charge in [-0.2, -0.15) is 0 Å². The molecule has 0 saturated heterocycles. The zero-order valence-electron chi connectivity index (χ0n) is 20.1. The van der Waals surface area contributed by atoms with E-state index in [0.717, 1.165) is 0 Å². The molecule has 5 unspecified atom stereocenters.